The lowest BCUT2D eigenvalue weighted by molar-refractivity contribution is -0.148. The highest BCUT2D eigenvalue weighted by atomic mass is 16.6. The molecule has 0 aromatic heterocycles. The highest BCUT2D eigenvalue weighted by Gasteiger charge is 2.41. The predicted octanol–water partition coefficient (Wildman–Crippen LogP) is 3.89. The Morgan fingerprint density at radius 3 is 1.13 bits per heavy atom. The molecule has 0 N–H and O–H groups in total. The van der Waals surface area contributed by atoms with Crippen molar-refractivity contribution in [1.29, 1.82) is 0 Å². The van der Waals surface area contributed by atoms with E-state index >= 15 is 0 Å². The molecule has 0 unspecified atom stereocenters. The van der Waals surface area contributed by atoms with Gasteiger partial charge < -0.3 is 9.47 Å². The van der Waals surface area contributed by atoms with Crippen LogP contribution in [0.15, 0.2) is 60.7 Å². The Bertz CT molecular complexity index is 811. The van der Waals surface area contributed by atoms with Crippen LogP contribution in [0.2, 0.25) is 0 Å². The van der Waals surface area contributed by atoms with E-state index in [9.17, 15) is 19.2 Å². The van der Waals surface area contributed by atoms with Crippen LogP contribution in [0.5, 0.6) is 0 Å². The summed E-state index contributed by atoms with van der Waals surface area (Å²) in [4.78, 5) is 51.0. The van der Waals surface area contributed by atoms with E-state index in [1.54, 1.807) is 64.1 Å². The summed E-state index contributed by atoms with van der Waals surface area (Å²) >= 11 is 0. The molecule has 0 aliphatic rings. The molecule has 0 spiro atoms. The lowest BCUT2D eigenvalue weighted by Gasteiger charge is -2.27. The van der Waals surface area contributed by atoms with Crippen molar-refractivity contribution in [3.8, 4) is 0 Å². The first-order valence-corrected chi connectivity index (χ1v) is 9.81. The minimum Gasteiger partial charge on any atom is -0.446 e. The van der Waals surface area contributed by atoms with Gasteiger partial charge in [-0.25, -0.2) is 9.59 Å². The Hall–Kier alpha value is -3.28. The third-order valence-electron chi connectivity index (χ3n) is 4.46. The van der Waals surface area contributed by atoms with Crippen LogP contribution < -0.4 is 0 Å². The maximum Gasteiger partial charge on any atom is 0.338 e. The average molecular weight is 410 g/mol. The van der Waals surface area contributed by atoms with E-state index in [2.05, 4.69) is 0 Å². The molecule has 6 heteroatoms. The zero-order valence-electron chi connectivity index (χ0n) is 17.5. The number of ether oxygens (including phenoxy) is 2. The van der Waals surface area contributed by atoms with E-state index in [0.717, 1.165) is 0 Å². The lowest BCUT2D eigenvalue weighted by atomic mass is 9.93. The SMILES string of the molecule is CC(C)C(=O)[C@H](OC(=O)c1ccccc1)[C@@H](OC(=O)c1ccccc1)C(=O)C(C)C. The largest absolute Gasteiger partial charge is 0.446 e. The Morgan fingerprint density at radius 1 is 0.567 bits per heavy atom. The Labute approximate surface area is 176 Å². The second kappa shape index (κ2) is 10.5. The molecule has 0 bridgehead atoms. The van der Waals surface area contributed by atoms with Crippen LogP contribution in [-0.2, 0) is 19.1 Å². The van der Waals surface area contributed by atoms with E-state index in [1.807, 2.05) is 0 Å². The van der Waals surface area contributed by atoms with Crippen LogP contribution in [0.3, 0.4) is 0 Å². The molecular formula is C24H26O6. The van der Waals surface area contributed by atoms with Crippen molar-refractivity contribution in [2.45, 2.75) is 39.9 Å². The van der Waals surface area contributed by atoms with E-state index in [-0.39, 0.29) is 11.1 Å². The molecule has 0 heterocycles. The average Bonchev–Trinajstić information content (AvgIpc) is 2.75. The Kier molecular flexibility index (Phi) is 8.04. The topological polar surface area (TPSA) is 86.7 Å². The molecule has 30 heavy (non-hydrogen) atoms. The summed E-state index contributed by atoms with van der Waals surface area (Å²) in [5, 5.41) is 0. The Balaban J connectivity index is 2.39. The molecule has 0 saturated carbocycles. The number of Topliss-reactive ketones (excluding diaryl/α,β-unsaturated/α-hetero) is 2. The molecule has 0 saturated heterocycles. The van der Waals surface area contributed by atoms with Gasteiger partial charge in [0.05, 0.1) is 11.1 Å². The van der Waals surface area contributed by atoms with Gasteiger partial charge in [-0.05, 0) is 24.3 Å². The smallest absolute Gasteiger partial charge is 0.338 e. The fourth-order valence-corrected chi connectivity index (χ4v) is 2.71. The van der Waals surface area contributed by atoms with Gasteiger partial charge in [-0.3, -0.25) is 9.59 Å². The normalized spacial score (nSPS) is 12.9. The van der Waals surface area contributed by atoms with Gasteiger partial charge in [-0.1, -0.05) is 64.1 Å². The minimum absolute atomic E-state index is 0.226. The number of benzene rings is 2. The highest BCUT2D eigenvalue weighted by Crippen LogP contribution is 2.19. The van der Waals surface area contributed by atoms with Crippen molar-refractivity contribution in [3.05, 3.63) is 71.8 Å². The van der Waals surface area contributed by atoms with E-state index < -0.39 is 47.5 Å². The summed E-state index contributed by atoms with van der Waals surface area (Å²) in [6.45, 7) is 6.51. The molecule has 2 atom stereocenters. The maximum atomic E-state index is 12.9. The lowest BCUT2D eigenvalue weighted by Crippen LogP contribution is -2.48. The first-order chi connectivity index (χ1) is 14.2. The zero-order valence-corrected chi connectivity index (χ0v) is 17.5. The Morgan fingerprint density at radius 2 is 0.867 bits per heavy atom. The molecular weight excluding hydrogens is 384 g/mol. The molecule has 2 aromatic rings. The number of hydrogen-bond donors (Lipinski definition) is 0. The van der Waals surface area contributed by atoms with Gasteiger partial charge in [0, 0.05) is 11.8 Å². The molecule has 158 valence electrons. The van der Waals surface area contributed by atoms with Crippen LogP contribution in [0, 0.1) is 11.8 Å². The van der Waals surface area contributed by atoms with Crippen LogP contribution in [0.25, 0.3) is 0 Å². The first-order valence-electron chi connectivity index (χ1n) is 9.81. The number of hydrogen-bond acceptors (Lipinski definition) is 6. The molecule has 0 aliphatic carbocycles. The van der Waals surface area contributed by atoms with Crippen molar-refractivity contribution >= 4 is 23.5 Å². The molecule has 6 nitrogen and oxygen atoms in total. The summed E-state index contributed by atoms with van der Waals surface area (Å²) in [7, 11) is 0. The quantitative estimate of drug-likeness (QED) is 0.583. The van der Waals surface area contributed by atoms with Gasteiger partial charge in [-0.2, -0.15) is 0 Å². The number of carbonyl (C=O) groups is 4. The fraction of sp³-hybridized carbons (Fsp3) is 0.333. The van der Waals surface area contributed by atoms with Crippen LogP contribution >= 0.6 is 0 Å². The number of carbonyl (C=O) groups excluding carboxylic acids is 4. The maximum absolute atomic E-state index is 12.9. The monoisotopic (exact) mass is 410 g/mol. The van der Waals surface area contributed by atoms with E-state index in [0.29, 0.717) is 0 Å². The van der Waals surface area contributed by atoms with Gasteiger partial charge in [0.25, 0.3) is 0 Å². The van der Waals surface area contributed by atoms with Crippen molar-refractivity contribution in [3.63, 3.8) is 0 Å². The van der Waals surface area contributed by atoms with E-state index in [4.69, 9.17) is 9.47 Å². The molecule has 2 aromatic carbocycles. The van der Waals surface area contributed by atoms with Crippen molar-refractivity contribution in [1.82, 2.24) is 0 Å². The summed E-state index contributed by atoms with van der Waals surface area (Å²) in [6.07, 6.45) is -3.08. The third-order valence-corrected chi connectivity index (χ3v) is 4.46. The van der Waals surface area contributed by atoms with Crippen molar-refractivity contribution in [2.75, 3.05) is 0 Å². The van der Waals surface area contributed by atoms with Gasteiger partial charge >= 0.3 is 11.9 Å². The second-order valence-corrected chi connectivity index (χ2v) is 7.50. The molecule has 2 rings (SSSR count). The molecule has 0 fully saturated rings. The van der Waals surface area contributed by atoms with Gasteiger partial charge in [-0.15, -0.1) is 0 Å². The van der Waals surface area contributed by atoms with Gasteiger partial charge in [0.1, 0.15) is 0 Å². The second-order valence-electron chi connectivity index (χ2n) is 7.50. The minimum atomic E-state index is -1.54. The van der Waals surface area contributed by atoms with Crippen LogP contribution in [0.4, 0.5) is 0 Å². The van der Waals surface area contributed by atoms with Gasteiger partial charge in [0.15, 0.2) is 11.6 Å². The first kappa shape index (κ1) is 23.0. The summed E-state index contributed by atoms with van der Waals surface area (Å²) in [5.74, 6) is -3.63. The van der Waals surface area contributed by atoms with Crippen LogP contribution in [-0.4, -0.2) is 35.7 Å². The number of rotatable bonds is 9. The van der Waals surface area contributed by atoms with Crippen LogP contribution in [0.1, 0.15) is 48.4 Å². The van der Waals surface area contributed by atoms with Crippen molar-refractivity contribution < 1.29 is 28.7 Å². The third kappa shape index (κ3) is 5.86. The van der Waals surface area contributed by atoms with E-state index in [1.165, 1.54) is 24.3 Å². The predicted molar refractivity (Wildman–Crippen MR) is 111 cm³/mol. The highest BCUT2D eigenvalue weighted by molar-refractivity contribution is 6.00. The number of ketones is 2. The summed E-state index contributed by atoms with van der Waals surface area (Å²) < 4.78 is 10.9. The molecule has 0 aliphatic heterocycles. The van der Waals surface area contributed by atoms with Crippen molar-refractivity contribution in [2.24, 2.45) is 11.8 Å². The summed E-state index contributed by atoms with van der Waals surface area (Å²) in [6, 6.07) is 16.2. The standard InChI is InChI=1S/C24H26O6/c1-15(2)19(25)21(29-23(27)17-11-7-5-8-12-17)22(20(26)16(3)4)30-24(28)18-13-9-6-10-14-18/h5-16,21-22H,1-4H3/t21-,22-/m0/s1. The molecule has 0 radical (unpaired) electrons. The fourth-order valence-electron chi connectivity index (χ4n) is 2.71. The van der Waals surface area contributed by atoms with Gasteiger partial charge in [0.2, 0.25) is 12.2 Å². The number of esters is 2. The summed E-state index contributed by atoms with van der Waals surface area (Å²) in [5.41, 5.74) is 0.452. The zero-order chi connectivity index (χ0) is 22.3. The molecule has 0 amide bonds.